The van der Waals surface area contributed by atoms with E-state index in [1.165, 1.54) is 4.90 Å². The first kappa shape index (κ1) is 29.9. The van der Waals surface area contributed by atoms with E-state index < -0.39 is 12.1 Å². The Morgan fingerprint density at radius 2 is 1.29 bits per heavy atom. The van der Waals surface area contributed by atoms with Crippen molar-refractivity contribution in [2.24, 2.45) is 0 Å². The van der Waals surface area contributed by atoms with Gasteiger partial charge >= 0.3 is 6.09 Å². The second-order valence-electron chi connectivity index (χ2n) is 11.1. The van der Waals surface area contributed by atoms with E-state index in [-0.39, 0.29) is 24.9 Å². The van der Waals surface area contributed by atoms with Gasteiger partial charge in [-0.05, 0) is 39.9 Å². The molecule has 2 amide bonds. The van der Waals surface area contributed by atoms with Gasteiger partial charge in [0.25, 0.3) is 0 Å². The van der Waals surface area contributed by atoms with Crippen molar-refractivity contribution in [1.29, 1.82) is 0 Å². The van der Waals surface area contributed by atoms with Crippen molar-refractivity contribution in [3.8, 4) is 5.75 Å². The van der Waals surface area contributed by atoms with E-state index in [1.54, 1.807) is 0 Å². The van der Waals surface area contributed by atoms with E-state index >= 15 is 0 Å². The van der Waals surface area contributed by atoms with Crippen LogP contribution in [0, 0.1) is 0 Å². The molecule has 5 aromatic carbocycles. The molecule has 1 aliphatic rings. The lowest BCUT2D eigenvalue weighted by Gasteiger charge is -2.25. The van der Waals surface area contributed by atoms with Gasteiger partial charge in [0, 0.05) is 17.9 Å². The maximum absolute atomic E-state index is 14.1. The van der Waals surface area contributed by atoms with E-state index in [0.29, 0.717) is 25.6 Å². The lowest BCUT2D eigenvalue weighted by atomic mass is 9.86. The number of imide groups is 1. The fourth-order valence-corrected chi connectivity index (χ4v) is 5.67. The normalized spacial score (nSPS) is 15.0. The second kappa shape index (κ2) is 14.5. The maximum atomic E-state index is 14.1. The van der Waals surface area contributed by atoms with Gasteiger partial charge in [-0.15, -0.1) is 0 Å². The minimum absolute atomic E-state index is 0.0540. The quantitative estimate of drug-likeness (QED) is 0.145. The fourth-order valence-electron chi connectivity index (χ4n) is 5.67. The smallest absolute Gasteiger partial charge is 0.417 e. The molecule has 2 atom stereocenters. The molecule has 1 heterocycles. The SMILES string of the molecule is O=C(CC(c1ccccc1)c1cc(COCc2ccccc2)ccc1OCc1ccccc1)N1C(=O)OCC1c1ccccc1. The molecule has 0 aliphatic carbocycles. The number of carbonyl (C=O) groups is 2. The third kappa shape index (κ3) is 7.48. The van der Waals surface area contributed by atoms with Crippen LogP contribution >= 0.6 is 0 Å². The third-order valence-electron chi connectivity index (χ3n) is 7.97. The molecule has 45 heavy (non-hydrogen) atoms. The molecule has 1 saturated heterocycles. The van der Waals surface area contributed by atoms with Crippen LogP contribution in [-0.2, 0) is 34.1 Å². The number of carbonyl (C=O) groups excluding carboxylic acids is 2. The van der Waals surface area contributed by atoms with Crippen molar-refractivity contribution in [2.45, 2.75) is 38.2 Å². The number of rotatable bonds is 12. The monoisotopic (exact) mass is 597 g/mol. The number of benzene rings is 5. The zero-order valence-corrected chi connectivity index (χ0v) is 25.0. The number of ether oxygens (including phenoxy) is 3. The van der Waals surface area contributed by atoms with Gasteiger partial charge in [0.05, 0.1) is 13.2 Å². The number of nitrogens with zero attached hydrogens (tertiary/aromatic N) is 1. The van der Waals surface area contributed by atoms with E-state index in [4.69, 9.17) is 14.2 Å². The van der Waals surface area contributed by atoms with Crippen molar-refractivity contribution in [3.63, 3.8) is 0 Å². The summed E-state index contributed by atoms with van der Waals surface area (Å²) in [5.41, 5.74) is 5.76. The van der Waals surface area contributed by atoms with Crippen molar-refractivity contribution in [3.05, 3.63) is 173 Å². The first-order valence-corrected chi connectivity index (χ1v) is 15.2. The Morgan fingerprint density at radius 1 is 0.711 bits per heavy atom. The molecular formula is C39H35NO5. The van der Waals surface area contributed by atoms with Crippen molar-refractivity contribution in [2.75, 3.05) is 6.61 Å². The molecule has 6 nitrogen and oxygen atoms in total. The summed E-state index contributed by atoms with van der Waals surface area (Å²) in [6.07, 6.45) is -0.567. The highest BCUT2D eigenvalue weighted by Crippen LogP contribution is 2.38. The Balaban J connectivity index is 1.32. The molecule has 2 unspecified atom stereocenters. The first-order valence-electron chi connectivity index (χ1n) is 15.2. The topological polar surface area (TPSA) is 65.1 Å². The van der Waals surface area contributed by atoms with Gasteiger partial charge in [-0.1, -0.05) is 127 Å². The molecule has 1 aliphatic heterocycles. The van der Waals surface area contributed by atoms with Crippen LogP contribution in [0.15, 0.2) is 140 Å². The minimum Gasteiger partial charge on any atom is -0.489 e. The van der Waals surface area contributed by atoms with Gasteiger partial charge in [-0.3, -0.25) is 4.79 Å². The highest BCUT2D eigenvalue weighted by Gasteiger charge is 2.40. The molecule has 0 aromatic heterocycles. The Labute approximate surface area is 263 Å². The number of hydrogen-bond donors (Lipinski definition) is 0. The van der Waals surface area contributed by atoms with Gasteiger partial charge in [-0.2, -0.15) is 0 Å². The van der Waals surface area contributed by atoms with E-state index in [2.05, 4.69) is 6.07 Å². The van der Waals surface area contributed by atoms with Crippen LogP contribution in [0.5, 0.6) is 5.75 Å². The standard InChI is InChI=1S/C39H35NO5/c41-38(40-36(28-45-39(40)42)33-19-11-4-12-20-33)24-34(32-17-9-3-10-18-32)35-23-31(26-43-25-29-13-5-1-6-14-29)21-22-37(35)44-27-30-15-7-2-8-16-30/h1-23,34,36H,24-28H2. The van der Waals surface area contributed by atoms with Crippen LogP contribution in [0.1, 0.15) is 51.8 Å². The molecule has 6 heteroatoms. The lowest BCUT2D eigenvalue weighted by Crippen LogP contribution is -2.35. The molecule has 0 N–H and O–H groups in total. The van der Waals surface area contributed by atoms with Gasteiger partial charge in [0.15, 0.2) is 0 Å². The minimum atomic E-state index is -0.621. The van der Waals surface area contributed by atoms with Gasteiger partial charge < -0.3 is 14.2 Å². The molecule has 0 bridgehead atoms. The van der Waals surface area contributed by atoms with Gasteiger partial charge in [0.2, 0.25) is 5.91 Å². The molecule has 0 radical (unpaired) electrons. The Bertz CT molecular complexity index is 1690. The van der Waals surface area contributed by atoms with Crippen LogP contribution < -0.4 is 4.74 Å². The largest absolute Gasteiger partial charge is 0.489 e. The van der Waals surface area contributed by atoms with Gasteiger partial charge in [-0.25, -0.2) is 9.69 Å². The molecule has 226 valence electrons. The van der Waals surface area contributed by atoms with E-state index in [1.807, 2.05) is 133 Å². The summed E-state index contributed by atoms with van der Waals surface area (Å²) in [4.78, 5) is 28.2. The number of amides is 2. The Morgan fingerprint density at radius 3 is 1.96 bits per heavy atom. The summed E-state index contributed by atoms with van der Waals surface area (Å²) in [6.45, 7) is 1.39. The maximum Gasteiger partial charge on any atom is 0.417 e. The molecule has 1 fully saturated rings. The van der Waals surface area contributed by atoms with E-state index in [9.17, 15) is 9.59 Å². The van der Waals surface area contributed by atoms with Crippen LogP contribution in [0.2, 0.25) is 0 Å². The number of cyclic esters (lactones) is 1. The van der Waals surface area contributed by atoms with Crippen LogP contribution in [-0.4, -0.2) is 23.5 Å². The fraction of sp³-hybridized carbons (Fsp3) is 0.179. The van der Waals surface area contributed by atoms with Crippen LogP contribution in [0.4, 0.5) is 4.79 Å². The van der Waals surface area contributed by atoms with Crippen molar-refractivity contribution >= 4 is 12.0 Å². The number of hydrogen-bond acceptors (Lipinski definition) is 5. The van der Waals surface area contributed by atoms with Crippen LogP contribution in [0.3, 0.4) is 0 Å². The summed E-state index contributed by atoms with van der Waals surface area (Å²) < 4.78 is 17.9. The summed E-state index contributed by atoms with van der Waals surface area (Å²) in [6, 6.07) is 45.0. The molecular weight excluding hydrogens is 562 g/mol. The average molecular weight is 598 g/mol. The van der Waals surface area contributed by atoms with Gasteiger partial charge in [0.1, 0.15) is 25.0 Å². The summed E-state index contributed by atoms with van der Waals surface area (Å²) in [5, 5.41) is 0. The van der Waals surface area contributed by atoms with E-state index in [0.717, 1.165) is 33.4 Å². The second-order valence-corrected chi connectivity index (χ2v) is 11.1. The van der Waals surface area contributed by atoms with Crippen molar-refractivity contribution in [1.82, 2.24) is 4.90 Å². The molecule has 0 saturated carbocycles. The highest BCUT2D eigenvalue weighted by atomic mass is 16.6. The zero-order chi connectivity index (χ0) is 30.8. The highest BCUT2D eigenvalue weighted by molar-refractivity contribution is 5.94. The zero-order valence-electron chi connectivity index (χ0n) is 25.0. The summed E-state index contributed by atoms with van der Waals surface area (Å²) >= 11 is 0. The summed E-state index contributed by atoms with van der Waals surface area (Å²) in [7, 11) is 0. The lowest BCUT2D eigenvalue weighted by molar-refractivity contribution is -0.129. The summed E-state index contributed by atoms with van der Waals surface area (Å²) in [5.74, 6) is -0.0146. The van der Waals surface area contributed by atoms with Crippen LogP contribution in [0.25, 0.3) is 0 Å². The Kier molecular flexibility index (Phi) is 9.63. The Hall–Kier alpha value is -5.20. The predicted molar refractivity (Wildman–Crippen MR) is 172 cm³/mol. The predicted octanol–water partition coefficient (Wildman–Crippen LogP) is 8.22. The third-order valence-corrected chi connectivity index (χ3v) is 7.97. The molecule has 6 rings (SSSR count). The first-order chi connectivity index (χ1) is 22.2. The molecule has 0 spiro atoms. The van der Waals surface area contributed by atoms with Crippen molar-refractivity contribution < 1.29 is 23.8 Å². The average Bonchev–Trinajstić information content (AvgIpc) is 3.49. The molecule has 5 aromatic rings.